The highest BCUT2D eigenvalue weighted by atomic mass is 16.8. The number of ether oxygens (including phenoxy) is 8. The van der Waals surface area contributed by atoms with Gasteiger partial charge >= 0.3 is 0 Å². The first kappa shape index (κ1) is 61.9. The van der Waals surface area contributed by atoms with E-state index in [0.717, 1.165) is 5.57 Å². The summed E-state index contributed by atoms with van der Waals surface area (Å²) < 4.78 is 50.0. The highest BCUT2D eigenvalue weighted by molar-refractivity contribution is 5.22. The summed E-state index contributed by atoms with van der Waals surface area (Å²) in [5, 5.41) is 166. The summed E-state index contributed by atoms with van der Waals surface area (Å²) in [6, 6.07) is 0. The van der Waals surface area contributed by atoms with E-state index in [9.17, 15) is 76.6 Å². The molecule has 23 heteroatoms. The molecule has 23 nitrogen and oxygen atoms in total. The predicted octanol–water partition coefficient (Wildman–Crippen LogP) is -2.20. The van der Waals surface area contributed by atoms with E-state index in [-0.39, 0.29) is 5.92 Å². The van der Waals surface area contributed by atoms with Crippen LogP contribution in [0.15, 0.2) is 11.6 Å². The maximum atomic E-state index is 12.9. The average Bonchev–Trinajstić information content (AvgIpc) is 3.98. The lowest BCUT2D eigenvalue weighted by atomic mass is 9.34. The van der Waals surface area contributed by atoms with Gasteiger partial charge in [0, 0.05) is 0 Å². The van der Waals surface area contributed by atoms with Gasteiger partial charge in [-0.05, 0) is 124 Å². The third kappa shape index (κ3) is 10.7. The van der Waals surface area contributed by atoms with Gasteiger partial charge in [0.1, 0.15) is 91.6 Å². The highest BCUT2D eigenvalue weighted by Gasteiger charge is 2.74. The summed E-state index contributed by atoms with van der Waals surface area (Å²) in [5.41, 5.74) is -2.90. The lowest BCUT2D eigenvalue weighted by Gasteiger charge is -2.72. The first-order valence-corrected chi connectivity index (χ1v) is 27.8. The summed E-state index contributed by atoms with van der Waals surface area (Å²) in [5.74, 6) is -1.45. The van der Waals surface area contributed by atoms with Crippen LogP contribution < -0.4 is 0 Å². The Morgan fingerprint density at radius 2 is 1.12 bits per heavy atom. The van der Waals surface area contributed by atoms with Crippen LogP contribution in [0.4, 0.5) is 0 Å². The molecule has 4 aliphatic heterocycles. The molecule has 4 aliphatic carbocycles. The molecule has 0 bridgehead atoms. The van der Waals surface area contributed by atoms with Crippen LogP contribution >= 0.6 is 0 Å². The minimum atomic E-state index is -1.85. The molecule has 4 heterocycles. The van der Waals surface area contributed by atoms with E-state index < -0.39 is 206 Å². The van der Waals surface area contributed by atoms with Crippen molar-refractivity contribution in [3.05, 3.63) is 11.6 Å². The third-order valence-corrected chi connectivity index (χ3v) is 20.8. The molecule has 8 aliphatic rings. The Hall–Kier alpha value is -1.18. The minimum absolute atomic E-state index is 0.152. The van der Waals surface area contributed by atoms with E-state index in [2.05, 4.69) is 26.8 Å². The summed E-state index contributed by atoms with van der Waals surface area (Å²) >= 11 is 0. The summed E-state index contributed by atoms with van der Waals surface area (Å²) in [6.45, 7) is 15.6. The van der Waals surface area contributed by atoms with E-state index >= 15 is 0 Å². The van der Waals surface area contributed by atoms with Crippen LogP contribution in [0.2, 0.25) is 0 Å². The second-order valence-corrected chi connectivity index (χ2v) is 25.8. The van der Waals surface area contributed by atoms with Crippen LogP contribution in [0.25, 0.3) is 0 Å². The number of hydrogen-bond donors (Lipinski definition) is 15. The molecule has 1 unspecified atom stereocenters. The van der Waals surface area contributed by atoms with Gasteiger partial charge in [-0.15, -0.1) is 0 Å². The molecule has 8 rings (SSSR count). The molecule has 4 saturated carbocycles. The number of fused-ring (bicyclic) bond motifs is 5. The second-order valence-electron chi connectivity index (χ2n) is 25.8. The van der Waals surface area contributed by atoms with Gasteiger partial charge in [0.05, 0.1) is 49.8 Å². The van der Waals surface area contributed by atoms with Gasteiger partial charge in [-0.25, -0.2) is 0 Å². The number of aliphatic hydroxyl groups excluding tert-OH is 15. The largest absolute Gasteiger partial charge is 0.394 e. The first-order chi connectivity index (χ1) is 36.0. The van der Waals surface area contributed by atoms with Gasteiger partial charge in [-0.3, -0.25) is 0 Å². The SMILES string of the molecule is CC(C)=CCC[C@](C)(O[C@@H]1O[C@H](CO)[C@@H](O[C@@H]2O[C@H](CO)[C@H](O)[C@H](O)[C@H]2O)[C@H](O)[C@H]1O)[C@H]1CC[C@]2(C)[C@@H]1[C@H](O)C[C@@H]1[C@@]3(C)CC[C@H](O)C(C)(C)C3[C@@H](O[C@@H]3O[C@H](CO)[C@@H](O)[C@H](O)[C@H]3O[C@@H]3O[C@@H](C)[C@H](O)[C@@H](O)[C@H]3O)C[C@]12C. The molecule has 77 heavy (non-hydrogen) atoms. The Balaban J connectivity index is 1.12. The fourth-order valence-corrected chi connectivity index (χ4v) is 16.4. The average molecular weight is 1110 g/mol. The zero-order valence-corrected chi connectivity index (χ0v) is 45.9. The molecule has 0 spiro atoms. The van der Waals surface area contributed by atoms with Gasteiger partial charge in [0.15, 0.2) is 25.2 Å². The van der Waals surface area contributed by atoms with E-state index in [4.69, 9.17) is 37.9 Å². The molecular formula is C54H92O23. The normalized spacial score (nSPS) is 53.6. The van der Waals surface area contributed by atoms with Crippen molar-refractivity contribution in [2.45, 2.75) is 260 Å². The van der Waals surface area contributed by atoms with Gasteiger partial charge in [0.25, 0.3) is 0 Å². The molecular weight excluding hydrogens is 1020 g/mol. The summed E-state index contributed by atoms with van der Waals surface area (Å²) in [7, 11) is 0. The fourth-order valence-electron chi connectivity index (χ4n) is 16.4. The Kier molecular flexibility index (Phi) is 18.6. The van der Waals surface area contributed by atoms with Crippen molar-refractivity contribution >= 4 is 0 Å². The Morgan fingerprint density at radius 1 is 0.584 bits per heavy atom. The summed E-state index contributed by atoms with van der Waals surface area (Å²) in [4.78, 5) is 0. The van der Waals surface area contributed by atoms with Crippen LogP contribution in [-0.4, -0.2) is 243 Å². The lowest BCUT2D eigenvalue weighted by molar-refractivity contribution is -0.382. The molecule has 8 fully saturated rings. The molecule has 0 aromatic rings. The van der Waals surface area contributed by atoms with Gasteiger partial charge in [0.2, 0.25) is 0 Å². The molecule has 446 valence electrons. The van der Waals surface area contributed by atoms with Gasteiger partial charge in [-0.1, -0.05) is 46.3 Å². The zero-order chi connectivity index (χ0) is 56.8. The molecule has 0 aromatic heterocycles. The monoisotopic (exact) mass is 1110 g/mol. The van der Waals surface area contributed by atoms with Crippen molar-refractivity contribution in [2.24, 2.45) is 45.3 Å². The topological polar surface area (TPSA) is 377 Å². The van der Waals surface area contributed by atoms with Crippen molar-refractivity contribution < 1.29 is 114 Å². The molecule has 15 N–H and O–H groups in total. The van der Waals surface area contributed by atoms with Gasteiger partial charge in [-0.2, -0.15) is 0 Å². The van der Waals surface area contributed by atoms with Crippen molar-refractivity contribution in [2.75, 3.05) is 19.8 Å². The van der Waals surface area contributed by atoms with E-state index in [1.807, 2.05) is 34.6 Å². The van der Waals surface area contributed by atoms with E-state index in [0.29, 0.717) is 51.4 Å². The standard InChI is InChI=1S/C54H92O23/c1-22(2)11-10-14-54(9,77-48-42(69)39(66)43(29(21-57)74-48)75-47-41(68)37(64)34(61)27(19-55)72-47)24-12-16-52(7)32(24)25(58)17-30-51(6)15-13-31(59)50(4,5)45(51)26(18-53(30,52)8)71-49-44(38(65)35(62)28(20-56)73-49)76-46-40(67)36(63)33(60)23(3)70-46/h11,23-49,55-69H,10,12-21H2,1-9H3/t23-,24-,25+,26-,27+,28+,29+,30+,31-,32-,33-,34-,35+,36+,37-,38-,39+,40+,41+,42+,43+,44+,45?,46-,47-,48-,49+,51+,52+,53+,54-/m0/s1. The quantitative estimate of drug-likeness (QED) is 0.0611. The smallest absolute Gasteiger partial charge is 0.187 e. The van der Waals surface area contributed by atoms with E-state index in [1.54, 1.807) is 0 Å². The molecule has 0 radical (unpaired) electrons. The Bertz CT molecular complexity index is 2010. The third-order valence-electron chi connectivity index (χ3n) is 20.8. The number of aliphatic hydroxyl groups is 15. The maximum absolute atomic E-state index is 12.9. The van der Waals surface area contributed by atoms with Crippen LogP contribution in [0.1, 0.15) is 114 Å². The highest BCUT2D eigenvalue weighted by Crippen LogP contribution is 2.76. The Morgan fingerprint density at radius 3 is 1.73 bits per heavy atom. The van der Waals surface area contributed by atoms with Crippen molar-refractivity contribution in [1.29, 1.82) is 0 Å². The number of rotatable bonds is 15. The maximum Gasteiger partial charge on any atom is 0.187 e. The van der Waals surface area contributed by atoms with Crippen LogP contribution in [-0.2, 0) is 37.9 Å². The summed E-state index contributed by atoms with van der Waals surface area (Å²) in [6.07, 6.45) is -28.6. The van der Waals surface area contributed by atoms with Crippen molar-refractivity contribution in [3.8, 4) is 0 Å². The van der Waals surface area contributed by atoms with Crippen molar-refractivity contribution in [1.82, 2.24) is 0 Å². The second kappa shape index (κ2) is 23.1. The lowest BCUT2D eigenvalue weighted by Crippen LogP contribution is -2.71. The van der Waals surface area contributed by atoms with Crippen LogP contribution in [0.5, 0.6) is 0 Å². The Labute approximate surface area is 450 Å². The predicted molar refractivity (Wildman–Crippen MR) is 266 cm³/mol. The molecule has 31 atom stereocenters. The number of hydrogen-bond acceptors (Lipinski definition) is 23. The fraction of sp³-hybridized carbons (Fsp3) is 0.963. The van der Waals surface area contributed by atoms with Crippen LogP contribution in [0, 0.1) is 45.3 Å². The molecule has 4 saturated heterocycles. The first-order valence-electron chi connectivity index (χ1n) is 27.8. The minimum Gasteiger partial charge on any atom is -0.394 e. The molecule has 0 aromatic carbocycles. The van der Waals surface area contributed by atoms with E-state index in [1.165, 1.54) is 6.92 Å². The number of allylic oxidation sites excluding steroid dienone is 2. The van der Waals surface area contributed by atoms with Crippen molar-refractivity contribution in [3.63, 3.8) is 0 Å². The zero-order valence-electron chi connectivity index (χ0n) is 45.9. The van der Waals surface area contributed by atoms with Crippen LogP contribution in [0.3, 0.4) is 0 Å². The van der Waals surface area contributed by atoms with Gasteiger partial charge < -0.3 is 114 Å². The molecule has 0 amide bonds.